The number of ether oxygens (including phenoxy) is 2. The molecule has 0 radical (unpaired) electrons. The number of hydrogen-bond donors (Lipinski definition) is 2. The van der Waals surface area contributed by atoms with E-state index in [0.717, 1.165) is 0 Å². The molecule has 0 unspecified atom stereocenters. The number of carbonyl (C=O) groups is 2. The van der Waals surface area contributed by atoms with Crippen molar-refractivity contribution in [1.82, 2.24) is 5.32 Å². The van der Waals surface area contributed by atoms with Crippen molar-refractivity contribution in [3.8, 4) is 11.5 Å². The van der Waals surface area contributed by atoms with E-state index in [1.54, 1.807) is 42.5 Å². The van der Waals surface area contributed by atoms with Crippen LogP contribution in [-0.2, 0) is 4.79 Å². The number of carbonyl (C=O) groups excluding carboxylic acids is 2. The summed E-state index contributed by atoms with van der Waals surface area (Å²) in [5.74, 6) is 0.190. The van der Waals surface area contributed by atoms with Crippen LogP contribution >= 0.6 is 11.6 Å². The maximum absolute atomic E-state index is 12.7. The molecule has 27 heavy (non-hydrogen) atoms. The molecule has 0 spiro atoms. The number of methoxy groups -OCH3 is 2. The Morgan fingerprint density at radius 2 is 1.67 bits per heavy atom. The highest BCUT2D eigenvalue weighted by atomic mass is 35.5. The van der Waals surface area contributed by atoms with Crippen molar-refractivity contribution < 1.29 is 19.1 Å². The van der Waals surface area contributed by atoms with Crippen molar-refractivity contribution in [2.45, 2.75) is 19.9 Å². The molecular weight excluding hydrogens is 368 g/mol. The Morgan fingerprint density at radius 3 is 2.26 bits per heavy atom. The second-order valence-corrected chi connectivity index (χ2v) is 6.64. The van der Waals surface area contributed by atoms with Crippen molar-refractivity contribution in [2.75, 3.05) is 19.5 Å². The van der Waals surface area contributed by atoms with E-state index in [2.05, 4.69) is 10.6 Å². The minimum Gasteiger partial charge on any atom is -0.493 e. The molecule has 0 saturated heterocycles. The smallest absolute Gasteiger partial charge is 0.253 e. The third-order valence-electron chi connectivity index (χ3n) is 4.01. The van der Waals surface area contributed by atoms with Crippen LogP contribution in [0.4, 0.5) is 5.69 Å². The first-order chi connectivity index (χ1) is 12.9. The van der Waals surface area contributed by atoms with Gasteiger partial charge in [0.05, 0.1) is 24.8 Å². The molecule has 0 aromatic heterocycles. The van der Waals surface area contributed by atoms with Gasteiger partial charge in [-0.05, 0) is 30.2 Å². The van der Waals surface area contributed by atoms with E-state index in [0.29, 0.717) is 27.8 Å². The van der Waals surface area contributed by atoms with Crippen LogP contribution < -0.4 is 20.1 Å². The summed E-state index contributed by atoms with van der Waals surface area (Å²) in [4.78, 5) is 25.2. The summed E-state index contributed by atoms with van der Waals surface area (Å²) < 4.78 is 10.4. The third kappa shape index (κ3) is 5.14. The standard InChI is InChI=1S/C20H23ClN2O4/c1-12(2)18(23-19(24)14-7-5-6-8-15(14)21)20(25)22-13-9-10-16(26-3)17(11-13)27-4/h5-12,18H,1-4H3,(H,22,25)(H,23,24)/t18-/m0/s1. The molecule has 0 aliphatic rings. The number of amides is 2. The van der Waals surface area contributed by atoms with E-state index >= 15 is 0 Å². The van der Waals surface area contributed by atoms with E-state index in [4.69, 9.17) is 21.1 Å². The van der Waals surface area contributed by atoms with Gasteiger partial charge in [-0.3, -0.25) is 9.59 Å². The van der Waals surface area contributed by atoms with Crippen LogP contribution in [0.1, 0.15) is 24.2 Å². The van der Waals surface area contributed by atoms with E-state index in [1.807, 2.05) is 13.8 Å². The topological polar surface area (TPSA) is 76.7 Å². The van der Waals surface area contributed by atoms with Gasteiger partial charge in [0, 0.05) is 11.8 Å². The van der Waals surface area contributed by atoms with Gasteiger partial charge < -0.3 is 20.1 Å². The summed E-state index contributed by atoms with van der Waals surface area (Å²) in [6, 6.07) is 11.0. The number of benzene rings is 2. The number of rotatable bonds is 7. The van der Waals surface area contributed by atoms with Crippen LogP contribution in [0.15, 0.2) is 42.5 Å². The molecule has 2 rings (SSSR count). The second-order valence-electron chi connectivity index (χ2n) is 6.23. The van der Waals surface area contributed by atoms with Crippen molar-refractivity contribution in [3.05, 3.63) is 53.1 Å². The average molecular weight is 391 g/mol. The molecule has 7 heteroatoms. The molecular formula is C20H23ClN2O4. The van der Waals surface area contributed by atoms with Crippen LogP contribution in [0, 0.1) is 5.92 Å². The average Bonchev–Trinajstić information content (AvgIpc) is 2.65. The van der Waals surface area contributed by atoms with Gasteiger partial charge in [-0.1, -0.05) is 37.6 Å². The molecule has 2 amide bonds. The van der Waals surface area contributed by atoms with Crippen LogP contribution in [0.3, 0.4) is 0 Å². The lowest BCUT2D eigenvalue weighted by Gasteiger charge is -2.22. The van der Waals surface area contributed by atoms with Crippen molar-refractivity contribution in [2.24, 2.45) is 5.92 Å². The van der Waals surface area contributed by atoms with Gasteiger partial charge in [0.15, 0.2) is 11.5 Å². The molecule has 0 aliphatic heterocycles. The zero-order chi connectivity index (χ0) is 20.0. The Bertz CT molecular complexity index is 823. The monoisotopic (exact) mass is 390 g/mol. The highest BCUT2D eigenvalue weighted by Crippen LogP contribution is 2.29. The Morgan fingerprint density at radius 1 is 1.00 bits per heavy atom. The van der Waals surface area contributed by atoms with Gasteiger partial charge in [0.2, 0.25) is 5.91 Å². The predicted octanol–water partition coefficient (Wildman–Crippen LogP) is 3.75. The molecule has 0 fully saturated rings. The van der Waals surface area contributed by atoms with Crippen molar-refractivity contribution >= 4 is 29.1 Å². The summed E-state index contributed by atoms with van der Waals surface area (Å²) in [5.41, 5.74) is 0.860. The normalized spacial score (nSPS) is 11.6. The largest absolute Gasteiger partial charge is 0.493 e. The minimum absolute atomic E-state index is 0.128. The van der Waals surface area contributed by atoms with E-state index in [9.17, 15) is 9.59 Å². The van der Waals surface area contributed by atoms with Crippen LogP contribution in [-0.4, -0.2) is 32.1 Å². The Kier molecular flexibility index (Phi) is 7.07. The number of nitrogens with one attached hydrogen (secondary N) is 2. The van der Waals surface area contributed by atoms with Gasteiger partial charge in [0.1, 0.15) is 6.04 Å². The van der Waals surface area contributed by atoms with E-state index < -0.39 is 11.9 Å². The molecule has 0 aliphatic carbocycles. The molecule has 144 valence electrons. The van der Waals surface area contributed by atoms with Crippen molar-refractivity contribution in [3.63, 3.8) is 0 Å². The van der Waals surface area contributed by atoms with Gasteiger partial charge in [0.25, 0.3) is 5.91 Å². The summed E-state index contributed by atoms with van der Waals surface area (Å²) in [5, 5.41) is 5.88. The lowest BCUT2D eigenvalue weighted by molar-refractivity contribution is -0.118. The van der Waals surface area contributed by atoms with E-state index in [-0.39, 0.29) is 11.8 Å². The Balaban J connectivity index is 2.16. The maximum atomic E-state index is 12.7. The van der Waals surface area contributed by atoms with E-state index in [1.165, 1.54) is 14.2 Å². The highest BCUT2D eigenvalue weighted by molar-refractivity contribution is 6.33. The molecule has 2 aromatic carbocycles. The van der Waals surface area contributed by atoms with Crippen LogP contribution in [0.25, 0.3) is 0 Å². The van der Waals surface area contributed by atoms with Crippen LogP contribution in [0.5, 0.6) is 11.5 Å². The summed E-state index contributed by atoms with van der Waals surface area (Å²) in [6.45, 7) is 3.71. The van der Waals surface area contributed by atoms with Gasteiger partial charge in [-0.15, -0.1) is 0 Å². The fraction of sp³-hybridized carbons (Fsp3) is 0.300. The molecule has 2 N–H and O–H groups in total. The lowest BCUT2D eigenvalue weighted by Crippen LogP contribution is -2.47. The fourth-order valence-corrected chi connectivity index (χ4v) is 2.75. The molecule has 0 heterocycles. The summed E-state index contributed by atoms with van der Waals surface area (Å²) >= 11 is 6.07. The first-order valence-electron chi connectivity index (χ1n) is 8.45. The molecule has 0 saturated carbocycles. The van der Waals surface area contributed by atoms with Gasteiger partial charge >= 0.3 is 0 Å². The highest BCUT2D eigenvalue weighted by Gasteiger charge is 2.25. The fourth-order valence-electron chi connectivity index (χ4n) is 2.53. The maximum Gasteiger partial charge on any atom is 0.253 e. The second kappa shape index (κ2) is 9.28. The minimum atomic E-state index is -0.734. The number of anilines is 1. The van der Waals surface area contributed by atoms with Gasteiger partial charge in [-0.25, -0.2) is 0 Å². The first kappa shape index (κ1) is 20.6. The Labute approximate surface area is 163 Å². The van der Waals surface area contributed by atoms with Gasteiger partial charge in [-0.2, -0.15) is 0 Å². The summed E-state index contributed by atoms with van der Waals surface area (Å²) in [6.07, 6.45) is 0. The van der Waals surface area contributed by atoms with Crippen LogP contribution in [0.2, 0.25) is 5.02 Å². The molecule has 0 bridgehead atoms. The molecule has 1 atom stereocenters. The Hall–Kier alpha value is -2.73. The summed E-state index contributed by atoms with van der Waals surface area (Å²) in [7, 11) is 3.05. The zero-order valence-electron chi connectivity index (χ0n) is 15.7. The zero-order valence-corrected chi connectivity index (χ0v) is 16.5. The number of hydrogen-bond acceptors (Lipinski definition) is 4. The predicted molar refractivity (Wildman–Crippen MR) is 106 cm³/mol. The van der Waals surface area contributed by atoms with Crippen molar-refractivity contribution in [1.29, 1.82) is 0 Å². The molecule has 6 nitrogen and oxygen atoms in total. The third-order valence-corrected chi connectivity index (χ3v) is 4.33. The SMILES string of the molecule is COc1ccc(NC(=O)[C@@H](NC(=O)c2ccccc2Cl)C(C)C)cc1OC. The quantitative estimate of drug-likeness (QED) is 0.754. The molecule has 2 aromatic rings. The lowest BCUT2D eigenvalue weighted by atomic mass is 10.0. The first-order valence-corrected chi connectivity index (χ1v) is 8.83. The number of halogens is 1.